The van der Waals surface area contributed by atoms with Gasteiger partial charge in [-0.1, -0.05) is 25.6 Å². The minimum Gasteiger partial charge on any atom is -0.494 e. The van der Waals surface area contributed by atoms with E-state index in [-0.39, 0.29) is 11.4 Å². The maximum Gasteiger partial charge on any atom is 0.161 e. The van der Waals surface area contributed by atoms with Crippen LogP contribution in [0.1, 0.15) is 26.7 Å². The van der Waals surface area contributed by atoms with Gasteiger partial charge in [-0.2, -0.15) is 0 Å². The third kappa shape index (κ3) is 3.03. The fraction of sp³-hybridized carbons (Fsp3) is 0.500. The van der Waals surface area contributed by atoms with Crippen molar-refractivity contribution in [3.05, 3.63) is 24.0 Å². The highest BCUT2D eigenvalue weighted by Crippen LogP contribution is 2.35. The number of halogens is 1. The summed E-state index contributed by atoms with van der Waals surface area (Å²) >= 11 is 1.71. The molecular weight excluding hydrogens is 263 g/mol. The maximum absolute atomic E-state index is 13.1. The Morgan fingerprint density at radius 1 is 1.42 bits per heavy atom. The molecule has 0 atom stereocenters. The second-order valence-electron chi connectivity index (χ2n) is 4.61. The van der Waals surface area contributed by atoms with Gasteiger partial charge in [-0.25, -0.2) is 4.39 Å². The largest absolute Gasteiger partial charge is 0.494 e. The van der Waals surface area contributed by atoms with Gasteiger partial charge in [-0.05, 0) is 25.0 Å². The molecule has 0 aliphatic carbocycles. The average molecular weight is 282 g/mol. The van der Waals surface area contributed by atoms with Crippen LogP contribution in [0, 0.1) is 5.82 Å². The van der Waals surface area contributed by atoms with Crippen LogP contribution < -0.4 is 10.1 Å². The molecule has 3 nitrogen and oxygen atoms in total. The van der Waals surface area contributed by atoms with E-state index in [0.29, 0.717) is 5.75 Å². The van der Waals surface area contributed by atoms with Gasteiger partial charge in [0.1, 0.15) is 11.6 Å². The van der Waals surface area contributed by atoms with Crippen LogP contribution in [0.3, 0.4) is 0 Å². The lowest BCUT2D eigenvalue weighted by Crippen LogP contribution is -2.24. The standard InChI is InChI=1S/C14H19FN2OS/c1-4-14(5-2)9-19-13(17-14)16-11-7-6-10(15)8-12(11)18-3/h6-8H,4-5,9H2,1-3H3,(H,16,17). The zero-order chi connectivity index (χ0) is 13.9. The predicted molar refractivity (Wildman–Crippen MR) is 79.8 cm³/mol. The van der Waals surface area contributed by atoms with Crippen molar-refractivity contribution < 1.29 is 9.13 Å². The second-order valence-corrected chi connectivity index (χ2v) is 5.57. The molecule has 0 saturated carbocycles. The van der Waals surface area contributed by atoms with Gasteiger partial charge in [0.15, 0.2) is 5.17 Å². The second kappa shape index (κ2) is 5.82. The predicted octanol–water partition coefficient (Wildman–Crippen LogP) is 3.91. The summed E-state index contributed by atoms with van der Waals surface area (Å²) in [6.07, 6.45) is 2.06. The highest BCUT2D eigenvalue weighted by molar-refractivity contribution is 8.14. The maximum atomic E-state index is 13.1. The van der Waals surface area contributed by atoms with Crippen molar-refractivity contribution >= 4 is 22.6 Å². The molecule has 0 unspecified atom stereocenters. The number of anilines is 1. The first-order valence-corrected chi connectivity index (χ1v) is 7.44. The van der Waals surface area contributed by atoms with E-state index in [4.69, 9.17) is 9.73 Å². The highest BCUT2D eigenvalue weighted by Gasteiger charge is 2.32. The Morgan fingerprint density at radius 3 is 2.74 bits per heavy atom. The van der Waals surface area contributed by atoms with Crippen molar-refractivity contribution in [1.82, 2.24) is 0 Å². The summed E-state index contributed by atoms with van der Waals surface area (Å²) in [5, 5.41) is 4.12. The molecule has 0 aromatic heterocycles. The lowest BCUT2D eigenvalue weighted by molar-refractivity contribution is 0.413. The molecule has 2 rings (SSSR count). The van der Waals surface area contributed by atoms with E-state index in [0.717, 1.165) is 29.4 Å². The number of thioether (sulfide) groups is 1. The zero-order valence-electron chi connectivity index (χ0n) is 11.5. The molecule has 5 heteroatoms. The number of nitrogens with zero attached hydrogens (tertiary/aromatic N) is 1. The van der Waals surface area contributed by atoms with Crippen LogP contribution in [-0.2, 0) is 0 Å². The monoisotopic (exact) mass is 282 g/mol. The summed E-state index contributed by atoms with van der Waals surface area (Å²) in [5.74, 6) is 1.18. The molecule has 0 saturated heterocycles. The van der Waals surface area contributed by atoms with Crippen molar-refractivity contribution in [2.45, 2.75) is 32.2 Å². The van der Waals surface area contributed by atoms with Crippen LogP contribution in [0.15, 0.2) is 23.2 Å². The lowest BCUT2D eigenvalue weighted by atomic mass is 9.97. The number of benzene rings is 1. The first kappa shape index (κ1) is 14.2. The van der Waals surface area contributed by atoms with Crippen LogP contribution in [-0.4, -0.2) is 23.6 Å². The lowest BCUT2D eigenvalue weighted by Gasteiger charge is -2.20. The average Bonchev–Trinajstić information content (AvgIpc) is 2.85. The minimum atomic E-state index is -0.306. The Kier molecular flexibility index (Phi) is 4.34. The van der Waals surface area contributed by atoms with Crippen molar-refractivity contribution in [3.63, 3.8) is 0 Å². The Bertz CT molecular complexity index is 486. The first-order chi connectivity index (χ1) is 9.12. The molecule has 1 aromatic rings. The van der Waals surface area contributed by atoms with Crippen LogP contribution >= 0.6 is 11.8 Å². The Labute approximate surface area is 117 Å². The number of rotatable bonds is 4. The fourth-order valence-electron chi connectivity index (χ4n) is 2.04. The van der Waals surface area contributed by atoms with E-state index < -0.39 is 0 Å². The molecule has 0 spiro atoms. The van der Waals surface area contributed by atoms with Gasteiger partial charge in [-0.15, -0.1) is 0 Å². The number of hydrogen-bond acceptors (Lipinski definition) is 4. The quantitative estimate of drug-likeness (QED) is 0.909. The third-order valence-corrected chi connectivity index (χ3v) is 4.69. The summed E-state index contributed by atoms with van der Waals surface area (Å²) in [5.41, 5.74) is 0.790. The van der Waals surface area contributed by atoms with Gasteiger partial charge in [0.25, 0.3) is 0 Å². The number of ether oxygens (including phenoxy) is 1. The minimum absolute atomic E-state index is 0.0419. The first-order valence-electron chi connectivity index (χ1n) is 6.45. The Morgan fingerprint density at radius 2 is 2.16 bits per heavy atom. The van der Waals surface area contributed by atoms with Crippen LogP contribution in [0.25, 0.3) is 0 Å². The van der Waals surface area contributed by atoms with Gasteiger partial charge >= 0.3 is 0 Å². The summed E-state index contributed by atoms with van der Waals surface area (Å²) in [4.78, 5) is 4.77. The Hall–Kier alpha value is -1.23. The molecule has 1 N–H and O–H groups in total. The molecular formula is C14H19FN2OS. The molecule has 1 aliphatic heterocycles. The topological polar surface area (TPSA) is 33.6 Å². The number of hydrogen-bond donors (Lipinski definition) is 1. The number of nitrogens with one attached hydrogen (secondary N) is 1. The number of methoxy groups -OCH3 is 1. The summed E-state index contributed by atoms with van der Waals surface area (Å²) in [7, 11) is 1.53. The third-order valence-electron chi connectivity index (χ3n) is 3.54. The molecule has 1 heterocycles. The smallest absolute Gasteiger partial charge is 0.161 e. The molecule has 0 amide bonds. The molecule has 19 heavy (non-hydrogen) atoms. The molecule has 104 valence electrons. The van der Waals surface area contributed by atoms with Crippen LogP contribution in [0.4, 0.5) is 10.1 Å². The van der Waals surface area contributed by atoms with Gasteiger partial charge in [0.2, 0.25) is 0 Å². The fourth-order valence-corrected chi connectivity index (χ4v) is 3.36. The van der Waals surface area contributed by atoms with Crippen molar-refractivity contribution in [2.24, 2.45) is 4.99 Å². The Balaban J connectivity index is 2.19. The molecule has 0 fully saturated rings. The van der Waals surface area contributed by atoms with Crippen molar-refractivity contribution in [2.75, 3.05) is 18.2 Å². The van der Waals surface area contributed by atoms with E-state index in [9.17, 15) is 4.39 Å². The highest BCUT2D eigenvalue weighted by atomic mass is 32.2. The molecule has 0 bridgehead atoms. The summed E-state index contributed by atoms with van der Waals surface area (Å²) in [6, 6.07) is 4.46. The van der Waals surface area contributed by atoms with Gasteiger partial charge < -0.3 is 10.1 Å². The molecule has 1 aliphatic rings. The number of amidine groups is 1. The van der Waals surface area contributed by atoms with Crippen molar-refractivity contribution in [3.8, 4) is 5.75 Å². The van der Waals surface area contributed by atoms with E-state index in [2.05, 4.69) is 19.2 Å². The van der Waals surface area contributed by atoms with Crippen LogP contribution in [0.2, 0.25) is 0 Å². The van der Waals surface area contributed by atoms with E-state index in [1.54, 1.807) is 17.8 Å². The summed E-state index contributed by atoms with van der Waals surface area (Å²) < 4.78 is 18.3. The zero-order valence-corrected chi connectivity index (χ0v) is 12.3. The SMILES string of the molecule is CCC1(CC)CSC(Nc2ccc(F)cc2OC)=N1. The van der Waals surface area contributed by atoms with Gasteiger partial charge in [0.05, 0.1) is 18.3 Å². The number of aliphatic imine (C=N–C) groups is 1. The normalized spacial score (nSPS) is 17.2. The van der Waals surface area contributed by atoms with Crippen molar-refractivity contribution in [1.29, 1.82) is 0 Å². The van der Waals surface area contributed by atoms with E-state index in [1.165, 1.54) is 19.2 Å². The van der Waals surface area contributed by atoms with Gasteiger partial charge in [0, 0.05) is 11.8 Å². The van der Waals surface area contributed by atoms with E-state index >= 15 is 0 Å². The summed E-state index contributed by atoms with van der Waals surface area (Å²) in [6.45, 7) is 4.32. The van der Waals surface area contributed by atoms with Crippen LogP contribution in [0.5, 0.6) is 5.75 Å². The molecule has 0 radical (unpaired) electrons. The van der Waals surface area contributed by atoms with E-state index in [1.807, 2.05) is 0 Å². The molecule has 1 aromatic carbocycles. The van der Waals surface area contributed by atoms with Gasteiger partial charge in [-0.3, -0.25) is 4.99 Å².